The van der Waals surface area contributed by atoms with Gasteiger partial charge in [-0.3, -0.25) is 4.79 Å². The SMILES string of the molecule is Cc1ccc(-c2oc3ccc(Cl)cc3c(=O)c2OCCOc2cccc3ccccc23)cc1. The fourth-order valence-corrected chi connectivity index (χ4v) is 3.97. The molecule has 0 aliphatic heterocycles. The first-order valence-electron chi connectivity index (χ1n) is 10.7. The van der Waals surface area contributed by atoms with E-state index in [1.807, 2.05) is 73.7 Å². The average Bonchev–Trinajstić information content (AvgIpc) is 2.84. The van der Waals surface area contributed by atoms with Crippen LogP contribution in [0.5, 0.6) is 11.5 Å². The summed E-state index contributed by atoms with van der Waals surface area (Å²) in [6.45, 7) is 2.46. The van der Waals surface area contributed by atoms with Crippen LogP contribution >= 0.6 is 11.6 Å². The van der Waals surface area contributed by atoms with Gasteiger partial charge < -0.3 is 13.9 Å². The molecule has 164 valence electrons. The van der Waals surface area contributed by atoms with Crippen molar-refractivity contribution in [2.75, 3.05) is 13.2 Å². The molecule has 1 heterocycles. The molecule has 4 nitrogen and oxygen atoms in total. The molecule has 0 aliphatic carbocycles. The molecule has 5 heteroatoms. The van der Waals surface area contributed by atoms with Crippen molar-refractivity contribution in [3.63, 3.8) is 0 Å². The van der Waals surface area contributed by atoms with Gasteiger partial charge in [0.25, 0.3) is 0 Å². The topological polar surface area (TPSA) is 48.7 Å². The molecule has 0 aliphatic rings. The maximum atomic E-state index is 13.3. The Balaban J connectivity index is 1.45. The maximum absolute atomic E-state index is 13.3. The molecule has 33 heavy (non-hydrogen) atoms. The summed E-state index contributed by atoms with van der Waals surface area (Å²) in [7, 11) is 0. The Kier molecular flexibility index (Phi) is 5.76. The summed E-state index contributed by atoms with van der Waals surface area (Å²) in [5.74, 6) is 1.31. The number of hydrogen-bond donors (Lipinski definition) is 0. The standard InChI is InChI=1S/C28H21ClO4/c1-18-9-11-20(12-10-18)27-28(26(30)23-17-21(29)13-14-25(23)33-27)32-16-15-31-24-8-4-6-19-5-2-3-7-22(19)24/h2-14,17H,15-16H2,1H3. The summed E-state index contributed by atoms with van der Waals surface area (Å²) in [5, 5.41) is 2.97. The summed E-state index contributed by atoms with van der Waals surface area (Å²) in [4.78, 5) is 13.3. The molecular formula is C28H21ClO4. The second kappa shape index (κ2) is 9.00. The van der Waals surface area contributed by atoms with Gasteiger partial charge in [0.2, 0.25) is 11.2 Å². The van der Waals surface area contributed by atoms with Gasteiger partial charge in [-0.05, 0) is 36.6 Å². The maximum Gasteiger partial charge on any atom is 0.235 e. The largest absolute Gasteiger partial charge is 0.489 e. The number of ether oxygens (including phenoxy) is 2. The Hall–Kier alpha value is -3.76. The highest BCUT2D eigenvalue weighted by Crippen LogP contribution is 2.32. The van der Waals surface area contributed by atoms with Crippen molar-refractivity contribution in [2.45, 2.75) is 6.92 Å². The number of rotatable bonds is 6. The van der Waals surface area contributed by atoms with Gasteiger partial charge in [-0.1, -0.05) is 77.8 Å². The van der Waals surface area contributed by atoms with Gasteiger partial charge >= 0.3 is 0 Å². The first-order chi connectivity index (χ1) is 16.1. The molecule has 0 amide bonds. The van der Waals surface area contributed by atoms with Crippen molar-refractivity contribution in [1.29, 1.82) is 0 Å². The molecule has 5 aromatic rings. The van der Waals surface area contributed by atoms with Crippen LogP contribution < -0.4 is 14.9 Å². The van der Waals surface area contributed by atoms with E-state index in [1.165, 1.54) is 0 Å². The van der Waals surface area contributed by atoms with Gasteiger partial charge in [0, 0.05) is 16.0 Å². The number of aryl methyl sites for hydroxylation is 1. The molecule has 0 saturated heterocycles. The van der Waals surface area contributed by atoms with Crippen LogP contribution in [0.3, 0.4) is 0 Å². The van der Waals surface area contributed by atoms with Crippen LogP contribution in [-0.4, -0.2) is 13.2 Å². The van der Waals surface area contributed by atoms with E-state index in [0.717, 1.165) is 27.6 Å². The Morgan fingerprint density at radius 1 is 0.818 bits per heavy atom. The number of halogens is 1. The molecule has 0 fully saturated rings. The summed E-state index contributed by atoms with van der Waals surface area (Å²) < 4.78 is 18.0. The first-order valence-corrected chi connectivity index (χ1v) is 11.0. The highest BCUT2D eigenvalue weighted by Gasteiger charge is 2.18. The van der Waals surface area contributed by atoms with Crippen LogP contribution in [0.25, 0.3) is 33.1 Å². The minimum Gasteiger partial charge on any atom is -0.489 e. The lowest BCUT2D eigenvalue weighted by atomic mass is 10.1. The molecule has 0 saturated carbocycles. The minimum atomic E-state index is -0.264. The molecule has 0 N–H and O–H groups in total. The third-order valence-electron chi connectivity index (χ3n) is 5.46. The van der Waals surface area contributed by atoms with Crippen molar-refractivity contribution in [3.05, 3.63) is 106 Å². The molecule has 0 bridgehead atoms. The third kappa shape index (κ3) is 4.30. The van der Waals surface area contributed by atoms with Crippen LogP contribution in [0.4, 0.5) is 0 Å². The Labute approximate surface area is 196 Å². The normalized spacial score (nSPS) is 11.1. The van der Waals surface area contributed by atoms with Gasteiger partial charge in [0.1, 0.15) is 24.5 Å². The highest BCUT2D eigenvalue weighted by atomic mass is 35.5. The van der Waals surface area contributed by atoms with Gasteiger partial charge in [-0.15, -0.1) is 0 Å². The van der Waals surface area contributed by atoms with E-state index >= 15 is 0 Å². The lowest BCUT2D eigenvalue weighted by Gasteiger charge is -2.13. The van der Waals surface area contributed by atoms with Gasteiger partial charge in [-0.2, -0.15) is 0 Å². The van der Waals surface area contributed by atoms with E-state index in [2.05, 4.69) is 0 Å². The Morgan fingerprint density at radius 3 is 2.42 bits per heavy atom. The lowest BCUT2D eigenvalue weighted by Crippen LogP contribution is -2.15. The minimum absolute atomic E-state index is 0.148. The molecule has 0 unspecified atom stereocenters. The summed E-state index contributed by atoms with van der Waals surface area (Å²) in [5.41, 5.74) is 2.07. The summed E-state index contributed by atoms with van der Waals surface area (Å²) in [6.07, 6.45) is 0. The zero-order valence-corrected chi connectivity index (χ0v) is 18.8. The fraction of sp³-hybridized carbons (Fsp3) is 0.107. The lowest BCUT2D eigenvalue weighted by molar-refractivity contribution is 0.216. The van der Waals surface area contributed by atoms with Crippen LogP contribution in [0, 0.1) is 6.92 Å². The second-order valence-electron chi connectivity index (χ2n) is 7.77. The highest BCUT2D eigenvalue weighted by molar-refractivity contribution is 6.31. The van der Waals surface area contributed by atoms with Crippen LogP contribution in [0.2, 0.25) is 5.02 Å². The molecule has 0 atom stereocenters. The summed E-state index contributed by atoms with van der Waals surface area (Å²) in [6, 6.07) is 26.7. The van der Waals surface area contributed by atoms with Gasteiger partial charge in [0.15, 0.2) is 5.76 Å². The summed E-state index contributed by atoms with van der Waals surface area (Å²) >= 11 is 6.12. The number of benzene rings is 4. The zero-order valence-electron chi connectivity index (χ0n) is 18.0. The van der Waals surface area contributed by atoms with E-state index in [1.54, 1.807) is 18.2 Å². The molecule has 1 aromatic heterocycles. The van der Waals surface area contributed by atoms with E-state index in [0.29, 0.717) is 21.8 Å². The average molecular weight is 457 g/mol. The third-order valence-corrected chi connectivity index (χ3v) is 5.70. The number of hydrogen-bond acceptors (Lipinski definition) is 4. The van der Waals surface area contributed by atoms with E-state index in [9.17, 15) is 4.79 Å². The van der Waals surface area contributed by atoms with Gasteiger partial charge in [0.05, 0.1) is 5.39 Å². The van der Waals surface area contributed by atoms with Crippen LogP contribution in [0.15, 0.2) is 94.1 Å². The Morgan fingerprint density at radius 2 is 1.58 bits per heavy atom. The van der Waals surface area contributed by atoms with Crippen molar-refractivity contribution >= 4 is 33.3 Å². The molecule has 0 spiro atoms. The van der Waals surface area contributed by atoms with Crippen molar-refractivity contribution in [3.8, 4) is 22.8 Å². The van der Waals surface area contributed by atoms with Crippen LogP contribution in [0.1, 0.15) is 5.56 Å². The van der Waals surface area contributed by atoms with E-state index in [4.69, 9.17) is 25.5 Å². The monoisotopic (exact) mass is 456 g/mol. The van der Waals surface area contributed by atoms with Crippen LogP contribution in [-0.2, 0) is 0 Å². The molecule has 5 rings (SSSR count). The zero-order chi connectivity index (χ0) is 22.8. The first kappa shape index (κ1) is 21.1. The smallest absolute Gasteiger partial charge is 0.235 e. The molecular weight excluding hydrogens is 436 g/mol. The Bertz CT molecular complexity index is 1500. The molecule has 0 radical (unpaired) electrons. The van der Waals surface area contributed by atoms with Gasteiger partial charge in [-0.25, -0.2) is 0 Å². The van der Waals surface area contributed by atoms with Crippen molar-refractivity contribution < 1.29 is 13.9 Å². The van der Waals surface area contributed by atoms with E-state index in [-0.39, 0.29) is 24.4 Å². The van der Waals surface area contributed by atoms with Crippen molar-refractivity contribution in [1.82, 2.24) is 0 Å². The van der Waals surface area contributed by atoms with Crippen molar-refractivity contribution in [2.24, 2.45) is 0 Å². The van der Waals surface area contributed by atoms with E-state index < -0.39 is 0 Å². The molecule has 4 aromatic carbocycles. The quantitative estimate of drug-likeness (QED) is 0.257. The fourth-order valence-electron chi connectivity index (χ4n) is 3.79. The predicted octanol–water partition coefficient (Wildman–Crippen LogP) is 7.03. The number of fused-ring (bicyclic) bond motifs is 2. The predicted molar refractivity (Wildman–Crippen MR) is 133 cm³/mol. The second-order valence-corrected chi connectivity index (χ2v) is 8.21.